The van der Waals surface area contributed by atoms with Gasteiger partial charge in [0.15, 0.2) is 0 Å². The van der Waals surface area contributed by atoms with E-state index in [-0.39, 0.29) is 0 Å². The van der Waals surface area contributed by atoms with E-state index in [4.69, 9.17) is 16.3 Å². The predicted octanol–water partition coefficient (Wildman–Crippen LogP) is 2.10. The van der Waals surface area contributed by atoms with E-state index in [1.807, 2.05) is 19.1 Å². The van der Waals surface area contributed by atoms with Crippen LogP contribution in [-0.4, -0.2) is 31.7 Å². The summed E-state index contributed by atoms with van der Waals surface area (Å²) in [5, 5.41) is 7.86. The summed E-state index contributed by atoms with van der Waals surface area (Å²) in [4.78, 5) is 12.3. The number of anilines is 1. The van der Waals surface area contributed by atoms with Gasteiger partial charge in [-0.15, -0.1) is 0 Å². The minimum absolute atomic E-state index is 0.408. The molecule has 0 spiro atoms. The van der Waals surface area contributed by atoms with Crippen molar-refractivity contribution < 1.29 is 4.74 Å². The molecule has 3 heterocycles. The van der Waals surface area contributed by atoms with E-state index in [0.29, 0.717) is 23.4 Å². The molecule has 0 aliphatic carbocycles. The molecule has 3 rings (SSSR count). The van der Waals surface area contributed by atoms with E-state index in [1.165, 1.54) is 6.33 Å². The first-order valence-electron chi connectivity index (χ1n) is 6.27. The van der Waals surface area contributed by atoms with Crippen LogP contribution >= 0.6 is 11.6 Å². The molecule has 0 aliphatic heterocycles. The monoisotopic (exact) mass is 304 g/mol. The minimum Gasteiger partial charge on any atom is -0.481 e. The van der Waals surface area contributed by atoms with Gasteiger partial charge < -0.3 is 10.1 Å². The van der Waals surface area contributed by atoms with E-state index in [1.54, 1.807) is 17.8 Å². The van der Waals surface area contributed by atoms with Gasteiger partial charge in [-0.25, -0.2) is 4.98 Å². The van der Waals surface area contributed by atoms with Crippen LogP contribution in [0.4, 0.5) is 5.82 Å². The maximum Gasteiger partial charge on any atom is 0.255 e. The first-order chi connectivity index (χ1) is 10.2. The molecule has 0 unspecified atom stereocenters. The quantitative estimate of drug-likeness (QED) is 0.744. The fourth-order valence-electron chi connectivity index (χ4n) is 1.96. The maximum absolute atomic E-state index is 6.12. The van der Waals surface area contributed by atoms with Gasteiger partial charge in [0.25, 0.3) is 5.78 Å². The molecule has 0 amide bonds. The molecule has 3 aromatic rings. The lowest BCUT2D eigenvalue weighted by Gasteiger charge is -2.12. The average molecular weight is 305 g/mol. The number of hydrogen-bond acceptors (Lipinski definition) is 6. The second-order valence-electron chi connectivity index (χ2n) is 4.41. The second kappa shape index (κ2) is 5.53. The molecule has 0 fully saturated rings. The van der Waals surface area contributed by atoms with E-state index in [0.717, 1.165) is 16.9 Å². The molecule has 8 heteroatoms. The highest BCUT2D eigenvalue weighted by atomic mass is 35.5. The average Bonchev–Trinajstić information content (AvgIpc) is 2.95. The number of halogens is 1. The zero-order valence-electron chi connectivity index (χ0n) is 11.5. The molecule has 1 N–H and O–H groups in total. The predicted molar refractivity (Wildman–Crippen MR) is 78.6 cm³/mol. The summed E-state index contributed by atoms with van der Waals surface area (Å²) in [5.74, 6) is 1.79. The largest absolute Gasteiger partial charge is 0.481 e. The van der Waals surface area contributed by atoms with E-state index in [2.05, 4.69) is 25.4 Å². The van der Waals surface area contributed by atoms with Gasteiger partial charge in [0.2, 0.25) is 5.88 Å². The van der Waals surface area contributed by atoms with Crippen LogP contribution in [0.1, 0.15) is 11.1 Å². The Morgan fingerprint density at radius 1 is 1.38 bits per heavy atom. The van der Waals surface area contributed by atoms with Gasteiger partial charge in [-0.1, -0.05) is 11.6 Å². The van der Waals surface area contributed by atoms with E-state index < -0.39 is 0 Å². The van der Waals surface area contributed by atoms with Crippen molar-refractivity contribution in [1.82, 2.24) is 24.6 Å². The molecule has 21 heavy (non-hydrogen) atoms. The molecule has 108 valence electrons. The Morgan fingerprint density at radius 3 is 3.05 bits per heavy atom. The lowest BCUT2D eigenvalue weighted by molar-refractivity contribution is 0.397. The third-order valence-electron chi connectivity index (χ3n) is 3.07. The topological polar surface area (TPSA) is 77.2 Å². The number of nitrogens with one attached hydrogen (secondary N) is 1. The fraction of sp³-hybridized carbons (Fsp3) is 0.231. The molecule has 3 aromatic heterocycles. The van der Waals surface area contributed by atoms with Crippen LogP contribution in [0.2, 0.25) is 5.15 Å². The number of nitrogens with zero attached hydrogens (tertiary/aromatic N) is 5. The molecule has 0 saturated heterocycles. The highest BCUT2D eigenvalue weighted by Crippen LogP contribution is 2.22. The molecular weight excluding hydrogens is 292 g/mol. The molecule has 7 nitrogen and oxygen atoms in total. The number of aromatic nitrogens is 5. The maximum atomic E-state index is 6.12. The molecule has 0 saturated carbocycles. The molecule has 0 aliphatic rings. The lowest BCUT2D eigenvalue weighted by Crippen LogP contribution is -2.09. The molecule has 0 radical (unpaired) electrons. The van der Waals surface area contributed by atoms with Crippen LogP contribution < -0.4 is 10.1 Å². The van der Waals surface area contributed by atoms with E-state index in [9.17, 15) is 0 Å². The van der Waals surface area contributed by atoms with Crippen molar-refractivity contribution in [2.45, 2.75) is 13.5 Å². The summed E-state index contributed by atoms with van der Waals surface area (Å²) in [7, 11) is 1.59. The Bertz CT molecular complexity index is 787. The van der Waals surface area contributed by atoms with Crippen LogP contribution in [0.25, 0.3) is 5.78 Å². The van der Waals surface area contributed by atoms with Crippen molar-refractivity contribution >= 4 is 23.2 Å². The SMILES string of the molecule is COc1cc(CNc2c(C)c(Cl)nc3ncnn23)ccn1. The van der Waals surface area contributed by atoms with Gasteiger partial charge >= 0.3 is 0 Å². The Hall–Kier alpha value is -2.41. The second-order valence-corrected chi connectivity index (χ2v) is 4.77. The normalized spacial score (nSPS) is 10.8. The van der Waals surface area contributed by atoms with Crippen molar-refractivity contribution in [2.75, 3.05) is 12.4 Å². The van der Waals surface area contributed by atoms with Gasteiger partial charge in [0, 0.05) is 24.4 Å². The lowest BCUT2D eigenvalue weighted by atomic mass is 10.2. The van der Waals surface area contributed by atoms with Gasteiger partial charge in [0.05, 0.1) is 7.11 Å². The van der Waals surface area contributed by atoms with Crippen LogP contribution in [0.3, 0.4) is 0 Å². The first-order valence-corrected chi connectivity index (χ1v) is 6.65. The summed E-state index contributed by atoms with van der Waals surface area (Å²) in [6, 6.07) is 3.77. The molecule has 0 aromatic carbocycles. The highest BCUT2D eigenvalue weighted by molar-refractivity contribution is 6.30. The van der Waals surface area contributed by atoms with Crippen molar-refractivity contribution in [1.29, 1.82) is 0 Å². The number of pyridine rings is 1. The van der Waals surface area contributed by atoms with Gasteiger partial charge in [-0.3, -0.25) is 0 Å². The third kappa shape index (κ3) is 2.59. The summed E-state index contributed by atoms with van der Waals surface area (Å²) in [6.45, 7) is 2.46. The van der Waals surface area contributed by atoms with Crippen molar-refractivity contribution in [2.24, 2.45) is 0 Å². The number of rotatable bonds is 4. The van der Waals surface area contributed by atoms with Gasteiger partial charge in [-0.2, -0.15) is 19.6 Å². The Labute approximate surface area is 126 Å². The number of ether oxygens (including phenoxy) is 1. The Balaban J connectivity index is 1.91. The van der Waals surface area contributed by atoms with Crippen LogP contribution in [0.5, 0.6) is 5.88 Å². The summed E-state index contributed by atoms with van der Waals surface area (Å²) < 4.78 is 6.73. The number of hydrogen-bond donors (Lipinski definition) is 1. The number of fused-ring (bicyclic) bond motifs is 1. The minimum atomic E-state index is 0.408. The van der Waals surface area contributed by atoms with Crippen LogP contribution in [-0.2, 0) is 6.54 Å². The Kier molecular flexibility index (Phi) is 3.57. The van der Waals surface area contributed by atoms with E-state index >= 15 is 0 Å². The summed E-state index contributed by atoms with van der Waals surface area (Å²) in [6.07, 6.45) is 3.14. The molecule has 0 bridgehead atoms. The third-order valence-corrected chi connectivity index (χ3v) is 3.44. The highest BCUT2D eigenvalue weighted by Gasteiger charge is 2.12. The zero-order valence-corrected chi connectivity index (χ0v) is 12.3. The van der Waals surface area contributed by atoms with Crippen molar-refractivity contribution in [3.05, 3.63) is 40.9 Å². The van der Waals surface area contributed by atoms with Crippen molar-refractivity contribution in [3.63, 3.8) is 0 Å². The van der Waals surface area contributed by atoms with Crippen LogP contribution in [0.15, 0.2) is 24.7 Å². The molecule has 0 atom stereocenters. The number of methoxy groups -OCH3 is 1. The Morgan fingerprint density at radius 2 is 2.24 bits per heavy atom. The standard InChI is InChI=1S/C13H13ClN6O/c1-8-11(14)19-13-17-7-18-20(13)12(8)16-6-9-3-4-15-10(5-9)21-2/h3-5,7,16H,6H2,1-2H3. The van der Waals surface area contributed by atoms with Crippen molar-refractivity contribution in [3.8, 4) is 5.88 Å². The summed E-state index contributed by atoms with van der Waals surface area (Å²) in [5.41, 5.74) is 1.85. The zero-order chi connectivity index (χ0) is 14.8. The fourth-order valence-corrected chi connectivity index (χ4v) is 2.13. The van der Waals surface area contributed by atoms with Gasteiger partial charge in [0.1, 0.15) is 17.3 Å². The first kappa shape index (κ1) is 13.6. The van der Waals surface area contributed by atoms with Crippen LogP contribution in [0, 0.1) is 6.92 Å². The smallest absolute Gasteiger partial charge is 0.255 e. The molecular formula is C13H13ClN6O. The van der Waals surface area contributed by atoms with Gasteiger partial charge in [-0.05, 0) is 18.6 Å². The summed E-state index contributed by atoms with van der Waals surface area (Å²) >= 11 is 6.12.